The third-order valence-electron chi connectivity index (χ3n) is 9.35. The fraction of sp³-hybridized carbons (Fsp3) is 0.583. The molecule has 3 fully saturated rings. The number of sulfonamides is 1. The Labute approximate surface area is 294 Å². The average molecular weight is 712 g/mol. The molecule has 2 saturated carbocycles. The predicted octanol–water partition coefficient (Wildman–Crippen LogP) is 3.75. The smallest absolute Gasteiger partial charge is 0.408 e. The molecule has 5 rings (SSSR count). The highest BCUT2D eigenvalue weighted by atomic mass is 32.2. The molecule has 2 aliphatic carbocycles. The van der Waals surface area contributed by atoms with E-state index in [1.54, 1.807) is 47.7 Å². The van der Waals surface area contributed by atoms with Crippen LogP contribution in [0.15, 0.2) is 43.1 Å². The number of alkyl carbamates (subject to hydrolysis) is 1. The Hall–Kier alpha value is -4.20. The van der Waals surface area contributed by atoms with Crippen LogP contribution in [0.25, 0.3) is 10.8 Å². The molecular weight excluding hydrogens is 662 g/mol. The van der Waals surface area contributed by atoms with Gasteiger partial charge in [-0.15, -0.1) is 6.58 Å². The fourth-order valence-electron chi connectivity index (χ4n) is 6.31. The summed E-state index contributed by atoms with van der Waals surface area (Å²) < 4.78 is 39.3. The van der Waals surface area contributed by atoms with Crippen molar-refractivity contribution in [3.63, 3.8) is 0 Å². The Morgan fingerprint density at radius 1 is 1.12 bits per heavy atom. The summed E-state index contributed by atoms with van der Waals surface area (Å²) in [5.74, 6) is -2.20. The van der Waals surface area contributed by atoms with Crippen LogP contribution in [0.5, 0.6) is 5.88 Å². The van der Waals surface area contributed by atoms with Gasteiger partial charge in [-0.3, -0.25) is 19.1 Å². The summed E-state index contributed by atoms with van der Waals surface area (Å²) in [5, 5.41) is 6.56. The molecule has 272 valence electrons. The first-order valence-electron chi connectivity index (χ1n) is 17.1. The van der Waals surface area contributed by atoms with Gasteiger partial charge in [0.05, 0.1) is 11.8 Å². The van der Waals surface area contributed by atoms with E-state index in [2.05, 4.69) is 39.9 Å². The van der Waals surface area contributed by atoms with Crippen molar-refractivity contribution in [3.8, 4) is 5.88 Å². The van der Waals surface area contributed by atoms with Gasteiger partial charge in [-0.25, -0.2) is 18.2 Å². The van der Waals surface area contributed by atoms with Crippen LogP contribution in [-0.4, -0.2) is 83.2 Å². The van der Waals surface area contributed by atoms with E-state index in [4.69, 9.17) is 9.47 Å². The Bertz CT molecular complexity index is 1800. The van der Waals surface area contributed by atoms with Gasteiger partial charge < -0.3 is 25.0 Å². The van der Waals surface area contributed by atoms with Gasteiger partial charge in [-0.05, 0) is 75.0 Å². The molecule has 1 aromatic heterocycles. The zero-order valence-corrected chi connectivity index (χ0v) is 30.7. The highest BCUT2D eigenvalue weighted by Crippen LogP contribution is 2.45. The standard InChI is InChI=1S/C36H49N5O8S/c1-9-21-11-14-26-22(17-21)15-16-37-30(26)48-24-18-27(41(20-24)31(43)28(34(3,4)5)38-33(45)49-35(6,7)8)29(42)39-36(19-23(36)10-2)32(44)40-50(46,47)25-12-13-25/h10-11,14-17,23-25,27-28H,2,9,12-13,18-20H2,1,3-8H3,(H,38,45)(H,39,42)(H,40,44). The maximum absolute atomic E-state index is 14.4. The molecule has 14 heteroatoms. The SMILES string of the molecule is C=CC1CC1(NC(=O)C1CC(Oc2nccc3cc(CC)ccc23)CN1C(=O)C(NC(=O)OC(C)(C)C)C(C)(C)C)C(=O)NS(=O)(=O)C1CC1. The van der Waals surface area contributed by atoms with Gasteiger partial charge in [0.2, 0.25) is 27.7 Å². The summed E-state index contributed by atoms with van der Waals surface area (Å²) in [7, 11) is -3.89. The van der Waals surface area contributed by atoms with E-state index in [0.29, 0.717) is 18.7 Å². The van der Waals surface area contributed by atoms with Gasteiger partial charge >= 0.3 is 6.09 Å². The molecule has 2 aromatic rings. The predicted molar refractivity (Wildman–Crippen MR) is 188 cm³/mol. The molecule has 5 unspecified atom stereocenters. The minimum absolute atomic E-state index is 0.0231. The maximum atomic E-state index is 14.4. The lowest BCUT2D eigenvalue weighted by molar-refractivity contribution is -0.143. The number of hydrogen-bond acceptors (Lipinski definition) is 9. The Morgan fingerprint density at radius 3 is 2.40 bits per heavy atom. The first kappa shape index (κ1) is 37.1. The molecule has 3 N–H and O–H groups in total. The molecular formula is C36H49N5O8S. The second kappa shape index (κ2) is 13.5. The van der Waals surface area contributed by atoms with Crippen LogP contribution in [-0.2, 0) is 35.6 Å². The highest BCUT2D eigenvalue weighted by Gasteiger charge is 2.62. The van der Waals surface area contributed by atoms with E-state index >= 15 is 0 Å². The van der Waals surface area contributed by atoms with Crippen molar-refractivity contribution < 1.29 is 37.1 Å². The number of nitrogens with one attached hydrogen (secondary N) is 3. The van der Waals surface area contributed by atoms with E-state index < -0.39 is 79.7 Å². The normalized spacial score (nSPS) is 24.2. The van der Waals surface area contributed by atoms with Gasteiger partial charge in [-0.1, -0.05) is 45.9 Å². The number of carbonyl (C=O) groups is 4. The molecule has 13 nitrogen and oxygen atoms in total. The largest absolute Gasteiger partial charge is 0.472 e. The van der Waals surface area contributed by atoms with Crippen molar-refractivity contribution in [3.05, 3.63) is 48.7 Å². The molecule has 1 saturated heterocycles. The molecule has 1 aliphatic heterocycles. The van der Waals surface area contributed by atoms with Gasteiger partial charge in [0.15, 0.2) is 0 Å². The number of nitrogens with zero attached hydrogens (tertiary/aromatic N) is 2. The van der Waals surface area contributed by atoms with Crippen LogP contribution >= 0.6 is 0 Å². The molecule has 0 bridgehead atoms. The summed E-state index contributed by atoms with van der Waals surface area (Å²) in [4.78, 5) is 60.8. The van der Waals surface area contributed by atoms with E-state index in [9.17, 15) is 27.6 Å². The second-order valence-corrected chi connectivity index (χ2v) is 17.6. The summed E-state index contributed by atoms with van der Waals surface area (Å²) in [6.07, 6.45) is 3.65. The number of aryl methyl sites for hydroxylation is 1. The molecule has 50 heavy (non-hydrogen) atoms. The van der Waals surface area contributed by atoms with Gasteiger partial charge in [0.1, 0.15) is 29.3 Å². The number of ether oxygens (including phenoxy) is 2. The molecule has 0 spiro atoms. The van der Waals surface area contributed by atoms with Gasteiger partial charge in [-0.2, -0.15) is 0 Å². The maximum Gasteiger partial charge on any atom is 0.408 e. The van der Waals surface area contributed by atoms with Crippen molar-refractivity contribution in [2.75, 3.05) is 6.54 Å². The summed E-state index contributed by atoms with van der Waals surface area (Å²) in [6, 6.07) is 5.64. The van der Waals surface area contributed by atoms with E-state index in [-0.39, 0.29) is 19.4 Å². The van der Waals surface area contributed by atoms with Crippen molar-refractivity contribution in [2.45, 2.75) is 115 Å². The molecule has 2 heterocycles. The Kier molecular flexibility index (Phi) is 10.0. The minimum atomic E-state index is -3.89. The molecule has 1 aromatic carbocycles. The van der Waals surface area contributed by atoms with Crippen LogP contribution < -0.4 is 20.1 Å². The summed E-state index contributed by atoms with van der Waals surface area (Å²) in [5.41, 5.74) is -2.01. The number of aromatic nitrogens is 1. The van der Waals surface area contributed by atoms with Crippen molar-refractivity contribution in [1.29, 1.82) is 0 Å². The lowest BCUT2D eigenvalue weighted by Gasteiger charge is -2.36. The highest BCUT2D eigenvalue weighted by molar-refractivity contribution is 7.91. The number of carbonyl (C=O) groups excluding carboxylic acids is 4. The molecule has 5 atom stereocenters. The number of fused-ring (bicyclic) bond motifs is 1. The summed E-state index contributed by atoms with van der Waals surface area (Å²) in [6.45, 7) is 16.3. The number of likely N-dealkylation sites (tertiary alicyclic amines) is 1. The molecule has 3 aliphatic rings. The first-order valence-corrected chi connectivity index (χ1v) is 18.7. The number of rotatable bonds is 11. The second-order valence-electron chi connectivity index (χ2n) is 15.6. The van der Waals surface area contributed by atoms with Crippen LogP contribution in [0.2, 0.25) is 0 Å². The van der Waals surface area contributed by atoms with Crippen LogP contribution in [0.4, 0.5) is 4.79 Å². The van der Waals surface area contributed by atoms with Gasteiger partial charge in [0.25, 0.3) is 5.91 Å². The average Bonchev–Trinajstić information content (AvgIpc) is 3.95. The number of benzene rings is 1. The van der Waals surface area contributed by atoms with Crippen LogP contribution in [0.1, 0.15) is 79.7 Å². The van der Waals surface area contributed by atoms with E-state index in [1.165, 1.54) is 11.0 Å². The third kappa shape index (κ3) is 8.06. The van der Waals surface area contributed by atoms with E-state index in [1.807, 2.05) is 18.2 Å². The Morgan fingerprint density at radius 2 is 1.82 bits per heavy atom. The first-order chi connectivity index (χ1) is 23.3. The van der Waals surface area contributed by atoms with Gasteiger partial charge in [0, 0.05) is 23.9 Å². The zero-order valence-electron chi connectivity index (χ0n) is 29.9. The summed E-state index contributed by atoms with van der Waals surface area (Å²) >= 11 is 0. The molecule has 4 amide bonds. The van der Waals surface area contributed by atoms with Crippen molar-refractivity contribution >= 4 is 44.6 Å². The third-order valence-corrected chi connectivity index (χ3v) is 11.2. The minimum Gasteiger partial charge on any atom is -0.472 e. The zero-order chi connectivity index (χ0) is 36.8. The number of hydrogen-bond donors (Lipinski definition) is 3. The van der Waals surface area contributed by atoms with Crippen molar-refractivity contribution in [1.82, 2.24) is 25.2 Å². The Balaban J connectivity index is 1.44. The van der Waals surface area contributed by atoms with Crippen LogP contribution in [0, 0.1) is 11.3 Å². The fourth-order valence-corrected chi connectivity index (χ4v) is 7.67. The topological polar surface area (TPSA) is 173 Å². The van der Waals surface area contributed by atoms with Crippen LogP contribution in [0.3, 0.4) is 0 Å². The molecule has 0 radical (unpaired) electrons. The van der Waals surface area contributed by atoms with E-state index in [0.717, 1.165) is 22.8 Å². The number of amides is 4. The monoisotopic (exact) mass is 711 g/mol. The lowest BCUT2D eigenvalue weighted by Crippen LogP contribution is -2.60. The number of pyridine rings is 1. The van der Waals surface area contributed by atoms with Crippen molar-refractivity contribution in [2.24, 2.45) is 11.3 Å². The lowest BCUT2D eigenvalue weighted by atomic mass is 9.85. The quantitative estimate of drug-likeness (QED) is 0.294.